The first-order valence-corrected chi connectivity index (χ1v) is 11.1. The summed E-state index contributed by atoms with van der Waals surface area (Å²) in [5.41, 5.74) is 2.45. The number of hydrogen-bond acceptors (Lipinski definition) is 2. The summed E-state index contributed by atoms with van der Waals surface area (Å²) in [7, 11) is 0. The zero-order valence-electron chi connectivity index (χ0n) is 11.6. The van der Waals surface area contributed by atoms with E-state index in [-0.39, 0.29) is 5.91 Å². The van der Waals surface area contributed by atoms with Crippen molar-refractivity contribution < 1.29 is 4.79 Å². The normalized spacial score (nSPS) is 19.6. The number of aromatic nitrogens is 2. The van der Waals surface area contributed by atoms with Crippen LogP contribution in [0.1, 0.15) is 29.9 Å². The molecule has 0 aliphatic carbocycles. The van der Waals surface area contributed by atoms with Crippen LogP contribution in [0.25, 0.3) is 0 Å². The van der Waals surface area contributed by atoms with Gasteiger partial charge in [-0.15, -0.1) is 0 Å². The van der Waals surface area contributed by atoms with Gasteiger partial charge in [0.2, 0.25) is 5.91 Å². The summed E-state index contributed by atoms with van der Waals surface area (Å²) in [4.78, 5) is 14.1. The Labute approximate surface area is 139 Å². The monoisotopic (exact) mass is 413 g/mol. The summed E-state index contributed by atoms with van der Waals surface area (Å²) in [6.45, 7) is 1.50. The van der Waals surface area contributed by atoms with Crippen LogP contribution in [-0.2, 0) is 11.3 Å². The van der Waals surface area contributed by atoms with Crippen molar-refractivity contribution in [1.82, 2.24) is 14.5 Å². The molecule has 1 aliphatic rings. The van der Waals surface area contributed by atoms with Crippen LogP contribution in [0.2, 0.25) is 0 Å². The number of carbonyl (C=O) groups excluding carboxylic acids is 1. The Morgan fingerprint density at radius 2 is 2.14 bits per heavy atom. The van der Waals surface area contributed by atoms with Crippen LogP contribution in [0.15, 0.2) is 42.7 Å². The molecule has 0 bridgehead atoms. The molecule has 110 valence electrons. The van der Waals surface area contributed by atoms with Crippen LogP contribution < -0.4 is 0 Å². The molecule has 6 heteroatoms. The van der Waals surface area contributed by atoms with E-state index in [2.05, 4.69) is 45.5 Å². The van der Waals surface area contributed by atoms with E-state index in [0.29, 0.717) is 25.3 Å². The maximum absolute atomic E-state index is 12.1. The third-order valence-electron chi connectivity index (χ3n) is 3.88. The zero-order chi connectivity index (χ0) is 14.7. The Kier molecular flexibility index (Phi) is 4.91. The highest BCUT2D eigenvalue weighted by Crippen LogP contribution is 2.30. The number of likely N-dealkylation sites (tertiary alicyclic amines) is 1. The Hall–Kier alpha value is -0.940. The molecule has 1 saturated heterocycles. The summed E-state index contributed by atoms with van der Waals surface area (Å²) >= 11 is 2.32. The summed E-state index contributed by atoms with van der Waals surface area (Å²) in [6.07, 6.45) is 6.26. The van der Waals surface area contributed by atoms with Crippen molar-refractivity contribution in [3.8, 4) is 0 Å². The molecule has 2 atom stereocenters. The fourth-order valence-corrected chi connectivity index (χ4v) is 3.83. The van der Waals surface area contributed by atoms with Crippen LogP contribution in [0.5, 0.6) is 0 Å². The van der Waals surface area contributed by atoms with Gasteiger partial charge < -0.3 is 4.90 Å². The van der Waals surface area contributed by atoms with E-state index in [9.17, 15) is 4.79 Å². The molecule has 1 fully saturated rings. The van der Waals surface area contributed by atoms with Gasteiger partial charge in [0.15, 0.2) is 0 Å². The fourth-order valence-electron chi connectivity index (χ4n) is 2.74. The first-order chi connectivity index (χ1) is 10.3. The number of piperidine rings is 1. The van der Waals surface area contributed by atoms with Gasteiger partial charge >= 0.3 is 0 Å². The van der Waals surface area contributed by atoms with Crippen LogP contribution in [-0.4, -0.2) is 26.9 Å². The second-order valence-electron chi connectivity index (χ2n) is 5.30. The van der Waals surface area contributed by atoms with Crippen molar-refractivity contribution in [3.63, 3.8) is 0 Å². The number of hydrogen-bond donors (Lipinski definition) is 0. The summed E-state index contributed by atoms with van der Waals surface area (Å²) in [5, 5.41) is 4.36. The standard InChI is InChI=1S/C15H17IN3OP/c16-21-19-11-14(8-17-19)13-6-7-15(20)18(10-13)9-12-4-2-1-3-5-12/h1-5,8,11,13,21H,6-7,9-10H2. The maximum atomic E-state index is 12.1. The van der Waals surface area contributed by atoms with E-state index in [1.165, 1.54) is 11.1 Å². The first-order valence-electron chi connectivity index (χ1n) is 6.99. The second kappa shape index (κ2) is 6.88. The molecule has 4 nitrogen and oxygen atoms in total. The fraction of sp³-hybridized carbons (Fsp3) is 0.333. The van der Waals surface area contributed by atoms with Crippen LogP contribution in [0.4, 0.5) is 0 Å². The van der Waals surface area contributed by atoms with Crippen molar-refractivity contribution in [1.29, 1.82) is 0 Å². The number of rotatable bonds is 4. The second-order valence-corrected chi connectivity index (χ2v) is 7.37. The van der Waals surface area contributed by atoms with Crippen molar-refractivity contribution in [2.24, 2.45) is 0 Å². The first kappa shape index (κ1) is 15.0. The maximum Gasteiger partial charge on any atom is 0.222 e. The number of benzene rings is 1. The van der Waals surface area contributed by atoms with Crippen molar-refractivity contribution >= 4 is 34.3 Å². The van der Waals surface area contributed by atoms with Crippen molar-refractivity contribution in [3.05, 3.63) is 53.9 Å². The molecule has 1 amide bonds. The predicted molar refractivity (Wildman–Crippen MR) is 93.8 cm³/mol. The molecule has 1 aromatic carbocycles. The molecule has 1 aliphatic heterocycles. The van der Waals surface area contributed by atoms with Crippen LogP contribution >= 0.6 is 28.4 Å². The summed E-state index contributed by atoms with van der Waals surface area (Å²) in [5.74, 6) is 0.672. The van der Waals surface area contributed by atoms with Crippen LogP contribution in [0, 0.1) is 0 Å². The Morgan fingerprint density at radius 1 is 1.33 bits per heavy atom. The minimum atomic E-state index is 0.262. The van der Waals surface area contributed by atoms with Gasteiger partial charge in [-0.2, -0.15) is 5.10 Å². The van der Waals surface area contributed by atoms with Gasteiger partial charge in [-0.05, 0) is 39.6 Å². The van der Waals surface area contributed by atoms with E-state index in [0.717, 1.165) is 13.0 Å². The minimum Gasteiger partial charge on any atom is -0.338 e. The molecule has 1 aromatic heterocycles. The molecule has 2 unspecified atom stereocenters. The van der Waals surface area contributed by atoms with Crippen molar-refractivity contribution in [2.45, 2.75) is 25.3 Å². The molecule has 0 spiro atoms. The minimum absolute atomic E-state index is 0.262. The highest BCUT2D eigenvalue weighted by atomic mass is 127. The lowest BCUT2D eigenvalue weighted by molar-refractivity contribution is -0.134. The Bertz CT molecular complexity index is 616. The van der Waals surface area contributed by atoms with Crippen molar-refractivity contribution in [2.75, 3.05) is 6.54 Å². The van der Waals surface area contributed by atoms with Gasteiger partial charge in [-0.1, -0.05) is 30.3 Å². The van der Waals surface area contributed by atoms with E-state index in [4.69, 9.17) is 0 Å². The molecular weight excluding hydrogens is 396 g/mol. The average Bonchev–Trinajstić information content (AvgIpc) is 2.99. The largest absolute Gasteiger partial charge is 0.338 e. The molecule has 0 N–H and O–H groups in total. The third kappa shape index (κ3) is 3.64. The summed E-state index contributed by atoms with van der Waals surface area (Å²) in [6, 6.07) is 10.2. The van der Waals surface area contributed by atoms with Gasteiger partial charge in [0, 0.05) is 31.6 Å². The van der Waals surface area contributed by atoms with Crippen LogP contribution in [0.3, 0.4) is 0 Å². The van der Waals surface area contributed by atoms with Gasteiger partial charge in [0.25, 0.3) is 0 Å². The molecule has 0 radical (unpaired) electrons. The zero-order valence-corrected chi connectivity index (χ0v) is 14.7. The topological polar surface area (TPSA) is 38.1 Å². The lowest BCUT2D eigenvalue weighted by Gasteiger charge is -2.32. The van der Waals surface area contributed by atoms with E-state index >= 15 is 0 Å². The lowest BCUT2D eigenvalue weighted by Crippen LogP contribution is -2.38. The number of nitrogens with zero attached hydrogens (tertiary/aromatic N) is 3. The Balaban J connectivity index is 1.71. The number of amides is 1. The average molecular weight is 413 g/mol. The van der Waals surface area contributed by atoms with E-state index in [1.807, 2.05) is 33.7 Å². The predicted octanol–water partition coefficient (Wildman–Crippen LogP) is 3.58. The number of carbonyl (C=O) groups is 1. The van der Waals surface area contributed by atoms with Gasteiger partial charge in [-0.25, -0.2) is 4.45 Å². The van der Waals surface area contributed by atoms with Gasteiger partial charge in [0.1, 0.15) is 0 Å². The van der Waals surface area contributed by atoms with Gasteiger partial charge in [-0.3, -0.25) is 4.79 Å². The molecule has 0 saturated carbocycles. The molecule has 21 heavy (non-hydrogen) atoms. The molecule has 2 aromatic rings. The molecule has 3 rings (SSSR count). The lowest BCUT2D eigenvalue weighted by atomic mass is 9.92. The van der Waals surface area contributed by atoms with Gasteiger partial charge in [0.05, 0.1) is 12.6 Å². The smallest absolute Gasteiger partial charge is 0.222 e. The highest BCUT2D eigenvalue weighted by Gasteiger charge is 2.27. The molecular formula is C15H17IN3OP. The quantitative estimate of drug-likeness (QED) is 0.568. The number of halogens is 1. The molecule has 2 heterocycles. The van der Waals surface area contributed by atoms with E-state index < -0.39 is 0 Å². The van der Waals surface area contributed by atoms with E-state index in [1.54, 1.807) is 0 Å². The Morgan fingerprint density at radius 3 is 2.86 bits per heavy atom. The SMILES string of the molecule is O=C1CCC(c2cnn(PI)c2)CN1Cc1ccccc1. The summed E-state index contributed by atoms with van der Waals surface area (Å²) < 4.78 is 1.97. The third-order valence-corrected chi connectivity index (χ3v) is 5.78. The highest BCUT2D eigenvalue weighted by molar-refractivity contribution is 14.2.